The fourth-order valence-corrected chi connectivity index (χ4v) is 4.53. The first-order valence-electron chi connectivity index (χ1n) is 11.2. The van der Waals surface area contributed by atoms with Gasteiger partial charge in [0.1, 0.15) is 5.82 Å². The van der Waals surface area contributed by atoms with Crippen LogP contribution in [0.5, 0.6) is 0 Å². The zero-order valence-electron chi connectivity index (χ0n) is 19.0. The van der Waals surface area contributed by atoms with E-state index in [-0.39, 0.29) is 17.8 Å². The predicted octanol–water partition coefficient (Wildman–Crippen LogP) is 4.56. The Bertz CT molecular complexity index is 1100. The van der Waals surface area contributed by atoms with Gasteiger partial charge < -0.3 is 21.3 Å². The first-order valence-corrected chi connectivity index (χ1v) is 11.2. The van der Waals surface area contributed by atoms with E-state index in [0.29, 0.717) is 12.1 Å². The van der Waals surface area contributed by atoms with E-state index in [1.54, 1.807) is 19.9 Å². The third-order valence-corrected chi connectivity index (χ3v) is 6.35. The van der Waals surface area contributed by atoms with Crippen molar-refractivity contribution in [1.82, 2.24) is 10.2 Å². The second-order valence-electron chi connectivity index (χ2n) is 8.68. The number of amides is 1. The number of nitrogens with zero attached hydrogens (tertiary/aromatic N) is 1. The summed E-state index contributed by atoms with van der Waals surface area (Å²) in [5.41, 5.74) is 14.1. The van der Waals surface area contributed by atoms with E-state index in [4.69, 9.17) is 5.73 Å². The normalized spacial score (nSPS) is 19.9. The Kier molecular flexibility index (Phi) is 6.21. The minimum absolute atomic E-state index is 0.0528. The summed E-state index contributed by atoms with van der Waals surface area (Å²) in [5, 5.41) is 7.10. The number of halogens is 1. The van der Waals surface area contributed by atoms with Crippen LogP contribution < -0.4 is 16.4 Å². The predicted molar refractivity (Wildman–Crippen MR) is 128 cm³/mol. The summed E-state index contributed by atoms with van der Waals surface area (Å²) in [6, 6.07) is 11.7. The summed E-state index contributed by atoms with van der Waals surface area (Å²) in [6.07, 6.45) is 3.85. The van der Waals surface area contributed by atoms with Gasteiger partial charge in [0.25, 0.3) is 0 Å². The molecule has 1 atom stereocenters. The first kappa shape index (κ1) is 21.9. The van der Waals surface area contributed by atoms with E-state index in [0.717, 1.165) is 48.6 Å². The molecular formula is C26H31FN4O. The number of nitrogens with one attached hydrogen (secondary N) is 2. The second kappa shape index (κ2) is 9.07. The molecule has 1 unspecified atom stereocenters. The molecule has 32 heavy (non-hydrogen) atoms. The molecule has 2 aliphatic rings. The van der Waals surface area contributed by atoms with Crippen molar-refractivity contribution >= 4 is 22.9 Å². The first-order chi connectivity index (χ1) is 15.3. The van der Waals surface area contributed by atoms with E-state index in [2.05, 4.69) is 34.9 Å². The number of hydrogen-bond donors (Lipinski definition) is 3. The highest BCUT2D eigenvalue weighted by Crippen LogP contribution is 2.35. The van der Waals surface area contributed by atoms with Crippen molar-refractivity contribution in [2.45, 2.75) is 39.7 Å². The molecule has 1 amide bonds. The maximum Gasteiger partial charge on any atom is 0.219 e. The van der Waals surface area contributed by atoms with Gasteiger partial charge in [0.05, 0.1) is 11.7 Å². The highest BCUT2D eigenvalue weighted by atomic mass is 19.1. The van der Waals surface area contributed by atoms with E-state index in [1.807, 2.05) is 17.9 Å². The summed E-state index contributed by atoms with van der Waals surface area (Å²) >= 11 is 0. The molecule has 0 spiro atoms. The molecule has 0 aliphatic carbocycles. The Balaban J connectivity index is 1.72. The highest BCUT2D eigenvalue weighted by Gasteiger charge is 2.24. The monoisotopic (exact) mass is 434 g/mol. The van der Waals surface area contributed by atoms with Crippen LogP contribution in [-0.2, 0) is 4.79 Å². The fourth-order valence-electron chi connectivity index (χ4n) is 4.53. The topological polar surface area (TPSA) is 70.4 Å². The van der Waals surface area contributed by atoms with E-state index >= 15 is 0 Å². The number of hydrogen-bond acceptors (Lipinski definition) is 4. The lowest BCUT2D eigenvalue weighted by Gasteiger charge is -2.26. The van der Waals surface area contributed by atoms with Gasteiger partial charge in [-0.15, -0.1) is 0 Å². The van der Waals surface area contributed by atoms with Crippen LogP contribution in [-0.4, -0.2) is 30.4 Å². The molecular weight excluding hydrogens is 403 g/mol. The maximum atomic E-state index is 13.8. The van der Waals surface area contributed by atoms with Crippen molar-refractivity contribution in [2.24, 2.45) is 5.73 Å². The number of carbonyl (C=O) groups is 1. The van der Waals surface area contributed by atoms with Crippen molar-refractivity contribution in [3.8, 4) is 0 Å². The van der Waals surface area contributed by atoms with Gasteiger partial charge in [-0.1, -0.05) is 18.2 Å². The molecule has 0 aromatic heterocycles. The number of aryl methyl sites for hydroxylation is 1. The molecule has 0 saturated carbocycles. The van der Waals surface area contributed by atoms with E-state index < -0.39 is 0 Å². The summed E-state index contributed by atoms with van der Waals surface area (Å²) in [7, 11) is 0. The third kappa shape index (κ3) is 4.49. The van der Waals surface area contributed by atoms with Crippen molar-refractivity contribution in [1.29, 1.82) is 0 Å². The minimum Gasteiger partial charge on any atom is -0.401 e. The van der Waals surface area contributed by atoms with Crippen molar-refractivity contribution in [2.75, 3.05) is 25.0 Å². The summed E-state index contributed by atoms with van der Waals surface area (Å²) in [5.74, 6) is -0.0889. The number of anilines is 1. The number of carbonyl (C=O) groups excluding carboxylic acids is 1. The van der Waals surface area contributed by atoms with Crippen LogP contribution in [0.4, 0.5) is 10.1 Å². The zero-order valence-corrected chi connectivity index (χ0v) is 19.0. The zero-order chi connectivity index (χ0) is 22.8. The molecule has 2 aromatic rings. The quantitative estimate of drug-likeness (QED) is 0.662. The lowest BCUT2D eigenvalue weighted by Crippen LogP contribution is -2.32. The van der Waals surface area contributed by atoms with Crippen molar-refractivity contribution in [3.63, 3.8) is 0 Å². The van der Waals surface area contributed by atoms with Crippen LogP contribution in [0.2, 0.25) is 0 Å². The summed E-state index contributed by atoms with van der Waals surface area (Å²) in [6.45, 7) is 7.47. The minimum atomic E-state index is -0.200. The van der Waals surface area contributed by atoms with Crippen LogP contribution in [0.25, 0.3) is 11.3 Å². The molecule has 2 aliphatic heterocycles. The Labute approximate surface area is 189 Å². The Morgan fingerprint density at radius 3 is 2.69 bits per heavy atom. The maximum absolute atomic E-state index is 13.8. The van der Waals surface area contributed by atoms with Crippen LogP contribution in [0.1, 0.15) is 55.0 Å². The van der Waals surface area contributed by atoms with Gasteiger partial charge in [0.2, 0.25) is 5.91 Å². The van der Waals surface area contributed by atoms with E-state index in [1.165, 1.54) is 22.8 Å². The van der Waals surface area contributed by atoms with Gasteiger partial charge in [-0.05, 0) is 73.2 Å². The van der Waals surface area contributed by atoms with Gasteiger partial charge in [-0.2, -0.15) is 0 Å². The summed E-state index contributed by atoms with van der Waals surface area (Å²) in [4.78, 5) is 13.5. The van der Waals surface area contributed by atoms with Gasteiger partial charge >= 0.3 is 0 Å². The molecule has 2 aromatic carbocycles. The molecule has 0 bridgehead atoms. The number of allylic oxidation sites excluding steroid dienone is 1. The lowest BCUT2D eigenvalue weighted by atomic mass is 9.90. The van der Waals surface area contributed by atoms with Gasteiger partial charge in [0, 0.05) is 43.5 Å². The number of nitrogens with two attached hydrogens (primary N) is 1. The Morgan fingerprint density at radius 1 is 1.22 bits per heavy atom. The SMILES string of the molecule is CC(=O)N1CC=C(c2ccc3c(c2)C(Nc2ccc(F)c(C)c2)CCN/C3=C(/C)N)CC1. The highest BCUT2D eigenvalue weighted by molar-refractivity contribution is 5.78. The Morgan fingerprint density at radius 2 is 2.03 bits per heavy atom. The molecule has 4 N–H and O–H groups in total. The average molecular weight is 435 g/mol. The molecule has 6 heteroatoms. The second-order valence-corrected chi connectivity index (χ2v) is 8.68. The van der Waals surface area contributed by atoms with Crippen LogP contribution >= 0.6 is 0 Å². The van der Waals surface area contributed by atoms with Crippen LogP contribution in [0, 0.1) is 12.7 Å². The van der Waals surface area contributed by atoms with Gasteiger partial charge in [-0.3, -0.25) is 4.79 Å². The smallest absolute Gasteiger partial charge is 0.219 e. The number of benzene rings is 2. The fraction of sp³-hybridized carbons (Fsp3) is 0.346. The average Bonchev–Trinajstić information content (AvgIpc) is 2.95. The standard InChI is InChI=1S/C26H31FN4O/c1-16-14-21(5-7-24(16)27)30-25-8-11-29-26(17(2)28)22-6-4-20(15-23(22)25)19-9-12-31(13-10-19)18(3)32/h4-7,9,14-15,25,29-30H,8,10-13,28H2,1-3H3/b26-17-. The Hall–Kier alpha value is -3.28. The van der Waals surface area contributed by atoms with Crippen LogP contribution in [0.15, 0.2) is 48.2 Å². The molecule has 168 valence electrons. The number of fused-ring (bicyclic) bond motifs is 1. The van der Waals surface area contributed by atoms with E-state index in [9.17, 15) is 9.18 Å². The molecule has 0 saturated heterocycles. The third-order valence-electron chi connectivity index (χ3n) is 6.35. The van der Waals surface area contributed by atoms with Gasteiger partial charge in [0.15, 0.2) is 0 Å². The van der Waals surface area contributed by atoms with Crippen LogP contribution in [0.3, 0.4) is 0 Å². The number of rotatable bonds is 3. The van der Waals surface area contributed by atoms with Crippen molar-refractivity contribution < 1.29 is 9.18 Å². The molecule has 0 radical (unpaired) electrons. The lowest BCUT2D eigenvalue weighted by molar-refractivity contribution is -0.128. The molecule has 4 rings (SSSR count). The van der Waals surface area contributed by atoms with Crippen molar-refractivity contribution in [3.05, 3.63) is 76.2 Å². The summed E-state index contributed by atoms with van der Waals surface area (Å²) < 4.78 is 13.8. The molecule has 5 nitrogen and oxygen atoms in total. The van der Waals surface area contributed by atoms with Gasteiger partial charge in [-0.25, -0.2) is 4.39 Å². The molecule has 2 heterocycles. The largest absolute Gasteiger partial charge is 0.401 e. The molecule has 0 fully saturated rings.